The molecular formula is C11H12ClF3N2O3. The van der Waals surface area contributed by atoms with Crippen molar-refractivity contribution in [2.45, 2.75) is 6.18 Å². The van der Waals surface area contributed by atoms with Crippen LogP contribution in [0.15, 0.2) is 12.1 Å². The van der Waals surface area contributed by atoms with Crippen molar-refractivity contribution in [3.05, 3.63) is 22.7 Å². The van der Waals surface area contributed by atoms with Crippen molar-refractivity contribution < 1.29 is 27.8 Å². The smallest absolute Gasteiger partial charge is 0.411 e. The molecule has 0 saturated carbocycles. The van der Waals surface area contributed by atoms with E-state index in [1.165, 1.54) is 12.1 Å². The van der Waals surface area contributed by atoms with Crippen molar-refractivity contribution in [3.8, 4) is 0 Å². The normalized spacial score (nSPS) is 11.4. The molecule has 0 amide bonds. The molecule has 1 aromatic carbocycles. The van der Waals surface area contributed by atoms with E-state index in [9.17, 15) is 18.0 Å². The first-order valence-corrected chi connectivity index (χ1v) is 5.79. The molecule has 0 bridgehead atoms. The molecule has 0 atom stereocenters. The summed E-state index contributed by atoms with van der Waals surface area (Å²) >= 11 is 5.84. The van der Waals surface area contributed by atoms with E-state index in [1.807, 2.05) is 0 Å². The van der Waals surface area contributed by atoms with Crippen LogP contribution < -0.4 is 11.1 Å². The quantitative estimate of drug-likeness (QED) is 0.555. The van der Waals surface area contributed by atoms with Gasteiger partial charge in [0.05, 0.1) is 22.9 Å². The van der Waals surface area contributed by atoms with Crippen molar-refractivity contribution in [2.24, 2.45) is 0 Å². The maximum atomic E-state index is 11.8. The molecule has 5 nitrogen and oxygen atoms in total. The average molecular weight is 313 g/mol. The summed E-state index contributed by atoms with van der Waals surface area (Å²) in [5.41, 5.74) is 5.56. The molecule has 0 saturated heterocycles. The second-order valence-electron chi connectivity index (χ2n) is 3.82. The molecule has 0 aliphatic heterocycles. The van der Waals surface area contributed by atoms with Crippen molar-refractivity contribution in [3.63, 3.8) is 0 Å². The number of nitrogen functional groups attached to an aromatic ring is 1. The summed E-state index contributed by atoms with van der Waals surface area (Å²) in [6.07, 6.45) is -4.40. The van der Waals surface area contributed by atoms with Crippen molar-refractivity contribution in [1.29, 1.82) is 0 Å². The molecule has 1 aromatic rings. The van der Waals surface area contributed by atoms with Crippen molar-refractivity contribution >= 4 is 28.9 Å². The minimum absolute atomic E-state index is 0.0278. The van der Waals surface area contributed by atoms with Gasteiger partial charge in [-0.2, -0.15) is 13.2 Å². The van der Waals surface area contributed by atoms with Gasteiger partial charge in [0.1, 0.15) is 6.61 Å². The Balaban J connectivity index is 2.62. The summed E-state index contributed by atoms with van der Waals surface area (Å²) in [6, 6.07) is 2.54. The van der Waals surface area contributed by atoms with Gasteiger partial charge in [0.25, 0.3) is 0 Å². The standard InChI is InChI=1S/C11H12ClF3N2O3/c12-8-4-6(16)3-7(10(18)19)9(8)17-1-2-20-5-11(13,14)15/h3-4,17H,1-2,5,16H2,(H,18,19). The van der Waals surface area contributed by atoms with Gasteiger partial charge < -0.3 is 20.9 Å². The second kappa shape index (κ2) is 6.67. The molecule has 112 valence electrons. The molecule has 0 aliphatic rings. The van der Waals surface area contributed by atoms with Gasteiger partial charge in [0.2, 0.25) is 0 Å². The van der Waals surface area contributed by atoms with E-state index >= 15 is 0 Å². The van der Waals surface area contributed by atoms with Gasteiger partial charge in [-0.15, -0.1) is 0 Å². The fourth-order valence-electron chi connectivity index (χ4n) is 1.41. The minimum atomic E-state index is -4.40. The van der Waals surface area contributed by atoms with Gasteiger partial charge in [-0.1, -0.05) is 11.6 Å². The van der Waals surface area contributed by atoms with Gasteiger partial charge in [0.15, 0.2) is 0 Å². The Morgan fingerprint density at radius 1 is 1.45 bits per heavy atom. The van der Waals surface area contributed by atoms with E-state index in [0.717, 1.165) is 0 Å². The van der Waals surface area contributed by atoms with Crippen LogP contribution in [0.2, 0.25) is 5.02 Å². The zero-order valence-corrected chi connectivity index (χ0v) is 10.9. The summed E-state index contributed by atoms with van der Waals surface area (Å²) in [5.74, 6) is -1.25. The van der Waals surface area contributed by atoms with Crippen LogP contribution in [-0.2, 0) is 4.74 Å². The summed E-state index contributed by atoms with van der Waals surface area (Å²) in [7, 11) is 0. The fourth-order valence-corrected chi connectivity index (χ4v) is 1.71. The Morgan fingerprint density at radius 2 is 2.10 bits per heavy atom. The van der Waals surface area contributed by atoms with Crippen LogP contribution in [0, 0.1) is 0 Å². The molecule has 1 rings (SSSR count). The van der Waals surface area contributed by atoms with Gasteiger partial charge in [0, 0.05) is 12.2 Å². The highest BCUT2D eigenvalue weighted by atomic mass is 35.5. The number of hydrogen-bond acceptors (Lipinski definition) is 4. The largest absolute Gasteiger partial charge is 0.478 e. The first-order valence-electron chi connectivity index (χ1n) is 5.41. The third kappa shape index (κ3) is 5.14. The third-order valence-electron chi connectivity index (χ3n) is 2.16. The number of anilines is 2. The van der Waals surface area contributed by atoms with Gasteiger partial charge in [-0.25, -0.2) is 4.79 Å². The van der Waals surface area contributed by atoms with Crippen LogP contribution in [0.3, 0.4) is 0 Å². The number of benzene rings is 1. The number of aromatic carboxylic acids is 1. The molecule has 0 fully saturated rings. The Labute approximate surface area is 117 Å². The van der Waals surface area contributed by atoms with Gasteiger partial charge in [-0.05, 0) is 12.1 Å². The molecule has 0 aromatic heterocycles. The lowest BCUT2D eigenvalue weighted by atomic mass is 10.1. The number of alkyl halides is 3. The molecule has 0 spiro atoms. The maximum absolute atomic E-state index is 11.8. The summed E-state index contributed by atoms with van der Waals surface area (Å²) in [5, 5.41) is 11.7. The Kier molecular flexibility index (Phi) is 5.46. The summed E-state index contributed by atoms with van der Waals surface area (Å²) < 4.78 is 39.9. The molecule has 4 N–H and O–H groups in total. The van der Waals surface area contributed by atoms with Crippen molar-refractivity contribution in [2.75, 3.05) is 30.8 Å². The average Bonchev–Trinajstić information content (AvgIpc) is 2.28. The third-order valence-corrected chi connectivity index (χ3v) is 2.45. The van der Waals surface area contributed by atoms with Crippen LogP contribution in [0.1, 0.15) is 10.4 Å². The highest BCUT2D eigenvalue weighted by Crippen LogP contribution is 2.29. The van der Waals surface area contributed by atoms with Crippen LogP contribution in [0.25, 0.3) is 0 Å². The lowest BCUT2D eigenvalue weighted by Crippen LogP contribution is -2.20. The van der Waals surface area contributed by atoms with E-state index in [4.69, 9.17) is 22.4 Å². The zero-order valence-electron chi connectivity index (χ0n) is 10.1. The van der Waals surface area contributed by atoms with E-state index in [0.29, 0.717) is 0 Å². The predicted molar refractivity (Wildman–Crippen MR) is 68.2 cm³/mol. The van der Waals surface area contributed by atoms with Gasteiger partial charge in [-0.3, -0.25) is 0 Å². The fraction of sp³-hybridized carbons (Fsp3) is 0.364. The lowest BCUT2D eigenvalue weighted by Gasteiger charge is -2.13. The number of halogens is 4. The first kappa shape index (κ1) is 16.4. The van der Waals surface area contributed by atoms with Crippen LogP contribution in [-0.4, -0.2) is 37.0 Å². The molecule has 0 aliphatic carbocycles. The van der Waals surface area contributed by atoms with Crippen LogP contribution in [0.5, 0.6) is 0 Å². The van der Waals surface area contributed by atoms with E-state index < -0.39 is 18.8 Å². The number of nitrogens with two attached hydrogens (primary N) is 1. The lowest BCUT2D eigenvalue weighted by molar-refractivity contribution is -0.172. The summed E-state index contributed by atoms with van der Waals surface area (Å²) in [4.78, 5) is 11.0. The highest BCUT2D eigenvalue weighted by molar-refractivity contribution is 6.34. The molecule has 0 heterocycles. The Hall–Kier alpha value is -1.67. The highest BCUT2D eigenvalue weighted by Gasteiger charge is 2.27. The molecule has 0 unspecified atom stereocenters. The molecule has 20 heavy (non-hydrogen) atoms. The first-order chi connectivity index (χ1) is 9.20. The minimum Gasteiger partial charge on any atom is -0.478 e. The Morgan fingerprint density at radius 3 is 2.65 bits per heavy atom. The van der Waals surface area contributed by atoms with Crippen LogP contribution in [0.4, 0.5) is 24.5 Å². The molecular weight excluding hydrogens is 301 g/mol. The Bertz CT molecular complexity index is 495. The van der Waals surface area contributed by atoms with E-state index in [2.05, 4.69) is 10.1 Å². The number of rotatable bonds is 6. The maximum Gasteiger partial charge on any atom is 0.411 e. The summed E-state index contributed by atoms with van der Waals surface area (Å²) in [6.45, 7) is -1.64. The number of hydrogen-bond donors (Lipinski definition) is 3. The number of carboxylic acid groups (broad SMARTS) is 1. The number of carbonyl (C=O) groups is 1. The molecule has 9 heteroatoms. The molecule has 0 radical (unpaired) electrons. The second-order valence-corrected chi connectivity index (χ2v) is 4.23. The van der Waals surface area contributed by atoms with Gasteiger partial charge >= 0.3 is 12.1 Å². The monoisotopic (exact) mass is 312 g/mol. The number of ether oxygens (including phenoxy) is 1. The zero-order chi connectivity index (χ0) is 15.3. The predicted octanol–water partition coefficient (Wildman–Crippen LogP) is 2.61. The van der Waals surface area contributed by atoms with Crippen molar-refractivity contribution in [1.82, 2.24) is 0 Å². The SMILES string of the molecule is Nc1cc(Cl)c(NCCOCC(F)(F)F)c(C(=O)O)c1. The van der Waals surface area contributed by atoms with Crippen LogP contribution >= 0.6 is 11.6 Å². The van der Waals surface area contributed by atoms with E-state index in [1.54, 1.807) is 0 Å². The van der Waals surface area contributed by atoms with E-state index in [-0.39, 0.29) is 35.1 Å². The topological polar surface area (TPSA) is 84.6 Å². The number of nitrogens with one attached hydrogen (secondary N) is 1. The number of carboxylic acids is 1.